The minimum atomic E-state index is -0.843. The Balaban J connectivity index is 2.07. The fourth-order valence-electron chi connectivity index (χ4n) is 3.41. The maximum Gasteiger partial charge on any atom is 0.328 e. The molecule has 2 aliphatic rings. The number of carbonyl (C=O) groups is 1. The SMILES string of the molecule is NC1CCN(C2(C(=O)O)CCc3ccccc32)C1. The van der Waals surface area contributed by atoms with Crippen molar-refractivity contribution in [2.45, 2.75) is 30.8 Å². The molecular weight excluding hydrogens is 228 g/mol. The standard InChI is InChI=1S/C14H18N2O2/c15-11-6-8-16(9-11)14(13(17)18)7-5-10-3-1-2-4-12(10)14/h1-4,11H,5-9,15H2,(H,17,18). The lowest BCUT2D eigenvalue weighted by molar-refractivity contribution is -0.151. The number of benzene rings is 1. The highest BCUT2D eigenvalue weighted by Gasteiger charge is 2.51. The van der Waals surface area contributed by atoms with Crippen molar-refractivity contribution in [1.82, 2.24) is 4.90 Å². The van der Waals surface area contributed by atoms with E-state index in [9.17, 15) is 9.90 Å². The molecule has 1 heterocycles. The van der Waals surface area contributed by atoms with Crippen LogP contribution in [-0.2, 0) is 16.8 Å². The minimum Gasteiger partial charge on any atom is -0.480 e. The molecule has 1 aliphatic heterocycles. The number of carboxylic acid groups (broad SMARTS) is 1. The zero-order valence-corrected chi connectivity index (χ0v) is 10.3. The Morgan fingerprint density at radius 3 is 2.89 bits per heavy atom. The van der Waals surface area contributed by atoms with E-state index in [1.54, 1.807) is 0 Å². The van der Waals surface area contributed by atoms with Crippen molar-refractivity contribution in [1.29, 1.82) is 0 Å². The molecule has 0 amide bonds. The molecular formula is C14H18N2O2. The molecule has 2 unspecified atom stereocenters. The van der Waals surface area contributed by atoms with Crippen LogP contribution in [0.1, 0.15) is 24.0 Å². The molecule has 96 valence electrons. The molecule has 0 bridgehead atoms. The average Bonchev–Trinajstić information content (AvgIpc) is 2.93. The summed E-state index contributed by atoms with van der Waals surface area (Å²) in [7, 11) is 0. The van der Waals surface area contributed by atoms with Gasteiger partial charge in [-0.3, -0.25) is 4.90 Å². The fraction of sp³-hybridized carbons (Fsp3) is 0.500. The number of aryl methyl sites for hydroxylation is 1. The van der Waals surface area contributed by atoms with Gasteiger partial charge in [-0.2, -0.15) is 0 Å². The molecule has 18 heavy (non-hydrogen) atoms. The predicted octanol–water partition coefficient (Wildman–Crippen LogP) is 0.946. The largest absolute Gasteiger partial charge is 0.480 e. The third-order valence-electron chi connectivity index (χ3n) is 4.34. The smallest absolute Gasteiger partial charge is 0.328 e. The highest BCUT2D eigenvalue weighted by atomic mass is 16.4. The van der Waals surface area contributed by atoms with Gasteiger partial charge in [-0.05, 0) is 30.4 Å². The summed E-state index contributed by atoms with van der Waals surface area (Å²) in [6, 6.07) is 8.01. The maximum atomic E-state index is 11.9. The van der Waals surface area contributed by atoms with Crippen molar-refractivity contribution in [3.05, 3.63) is 35.4 Å². The van der Waals surface area contributed by atoms with E-state index in [2.05, 4.69) is 4.90 Å². The van der Waals surface area contributed by atoms with Gasteiger partial charge < -0.3 is 10.8 Å². The van der Waals surface area contributed by atoms with E-state index in [1.165, 1.54) is 5.56 Å². The summed E-state index contributed by atoms with van der Waals surface area (Å²) in [4.78, 5) is 14.0. The van der Waals surface area contributed by atoms with Crippen molar-refractivity contribution in [2.75, 3.05) is 13.1 Å². The second-order valence-corrected chi connectivity index (χ2v) is 5.32. The first-order valence-electron chi connectivity index (χ1n) is 6.47. The lowest BCUT2D eigenvalue weighted by Gasteiger charge is -2.35. The summed E-state index contributed by atoms with van der Waals surface area (Å²) in [6.07, 6.45) is 2.39. The number of hydrogen-bond donors (Lipinski definition) is 2. The molecule has 4 nitrogen and oxygen atoms in total. The Morgan fingerprint density at radius 2 is 2.22 bits per heavy atom. The van der Waals surface area contributed by atoms with E-state index in [0.717, 1.165) is 24.9 Å². The number of aliphatic carboxylic acids is 1. The molecule has 0 saturated carbocycles. The van der Waals surface area contributed by atoms with Crippen LogP contribution in [0.25, 0.3) is 0 Å². The van der Waals surface area contributed by atoms with Crippen molar-refractivity contribution in [3.63, 3.8) is 0 Å². The number of fused-ring (bicyclic) bond motifs is 1. The molecule has 2 atom stereocenters. The topological polar surface area (TPSA) is 66.6 Å². The third kappa shape index (κ3) is 1.49. The Hall–Kier alpha value is -1.39. The van der Waals surface area contributed by atoms with Crippen LogP contribution < -0.4 is 5.73 Å². The Bertz CT molecular complexity index is 488. The summed E-state index contributed by atoms with van der Waals surface area (Å²) in [5, 5.41) is 9.77. The Labute approximate surface area is 106 Å². The quantitative estimate of drug-likeness (QED) is 0.815. The number of likely N-dealkylation sites (tertiary alicyclic amines) is 1. The lowest BCUT2D eigenvalue weighted by atomic mass is 9.90. The number of nitrogens with zero attached hydrogens (tertiary/aromatic N) is 1. The van der Waals surface area contributed by atoms with E-state index in [-0.39, 0.29) is 6.04 Å². The molecule has 0 spiro atoms. The summed E-state index contributed by atoms with van der Waals surface area (Å²) >= 11 is 0. The zero-order chi connectivity index (χ0) is 12.8. The molecule has 0 radical (unpaired) electrons. The molecule has 1 aromatic rings. The van der Waals surface area contributed by atoms with Gasteiger partial charge in [-0.1, -0.05) is 24.3 Å². The first kappa shape index (κ1) is 11.7. The minimum absolute atomic E-state index is 0.106. The van der Waals surface area contributed by atoms with Crippen molar-refractivity contribution < 1.29 is 9.90 Å². The van der Waals surface area contributed by atoms with Crippen LogP contribution in [0.5, 0.6) is 0 Å². The van der Waals surface area contributed by atoms with Crippen LogP contribution in [0.15, 0.2) is 24.3 Å². The predicted molar refractivity (Wildman–Crippen MR) is 68.2 cm³/mol. The van der Waals surface area contributed by atoms with Crippen LogP contribution in [0.3, 0.4) is 0 Å². The van der Waals surface area contributed by atoms with Crippen LogP contribution in [0.2, 0.25) is 0 Å². The van der Waals surface area contributed by atoms with Gasteiger partial charge in [0.2, 0.25) is 0 Å². The van der Waals surface area contributed by atoms with Gasteiger partial charge >= 0.3 is 5.97 Å². The van der Waals surface area contributed by atoms with E-state index >= 15 is 0 Å². The monoisotopic (exact) mass is 246 g/mol. The van der Waals surface area contributed by atoms with Gasteiger partial charge in [-0.25, -0.2) is 4.79 Å². The van der Waals surface area contributed by atoms with Gasteiger partial charge in [0.25, 0.3) is 0 Å². The van der Waals surface area contributed by atoms with E-state index in [4.69, 9.17) is 5.73 Å². The van der Waals surface area contributed by atoms with Crippen LogP contribution in [-0.4, -0.2) is 35.1 Å². The lowest BCUT2D eigenvalue weighted by Crippen LogP contribution is -2.50. The Kier molecular flexibility index (Phi) is 2.64. The first-order valence-corrected chi connectivity index (χ1v) is 6.47. The highest BCUT2D eigenvalue weighted by Crippen LogP contribution is 2.43. The van der Waals surface area contributed by atoms with E-state index in [1.807, 2.05) is 24.3 Å². The summed E-state index contributed by atoms with van der Waals surface area (Å²) in [6.45, 7) is 1.46. The van der Waals surface area contributed by atoms with Crippen molar-refractivity contribution in [3.8, 4) is 0 Å². The fourth-order valence-corrected chi connectivity index (χ4v) is 3.41. The van der Waals surface area contributed by atoms with Crippen LogP contribution in [0.4, 0.5) is 0 Å². The third-order valence-corrected chi connectivity index (χ3v) is 4.34. The molecule has 1 aromatic carbocycles. The Morgan fingerprint density at radius 1 is 1.44 bits per heavy atom. The van der Waals surface area contributed by atoms with Gasteiger partial charge in [0.1, 0.15) is 5.54 Å². The molecule has 1 fully saturated rings. The second kappa shape index (κ2) is 4.07. The van der Waals surface area contributed by atoms with Crippen molar-refractivity contribution >= 4 is 5.97 Å². The molecule has 1 saturated heterocycles. The number of nitrogens with two attached hydrogens (primary N) is 1. The summed E-state index contributed by atoms with van der Waals surface area (Å²) < 4.78 is 0. The average molecular weight is 246 g/mol. The van der Waals surface area contributed by atoms with Gasteiger partial charge in [0, 0.05) is 19.1 Å². The number of hydrogen-bond acceptors (Lipinski definition) is 3. The van der Waals surface area contributed by atoms with Gasteiger partial charge in [-0.15, -0.1) is 0 Å². The maximum absolute atomic E-state index is 11.9. The summed E-state index contributed by atoms with van der Waals surface area (Å²) in [5.41, 5.74) is 7.23. The van der Waals surface area contributed by atoms with Crippen LogP contribution >= 0.6 is 0 Å². The normalized spacial score (nSPS) is 31.5. The van der Waals surface area contributed by atoms with E-state index in [0.29, 0.717) is 13.0 Å². The second-order valence-electron chi connectivity index (χ2n) is 5.32. The van der Waals surface area contributed by atoms with Gasteiger partial charge in [0.05, 0.1) is 0 Å². The molecule has 3 N–H and O–H groups in total. The first-order chi connectivity index (χ1) is 8.64. The van der Waals surface area contributed by atoms with E-state index < -0.39 is 11.5 Å². The number of carboxylic acids is 1. The van der Waals surface area contributed by atoms with Crippen LogP contribution in [0, 0.1) is 0 Å². The molecule has 4 heteroatoms. The van der Waals surface area contributed by atoms with Gasteiger partial charge in [0.15, 0.2) is 0 Å². The summed E-state index contributed by atoms with van der Waals surface area (Å²) in [5.74, 6) is -0.735. The zero-order valence-electron chi connectivity index (χ0n) is 10.3. The molecule has 1 aliphatic carbocycles. The number of rotatable bonds is 2. The molecule has 3 rings (SSSR count). The van der Waals surface area contributed by atoms with Crippen molar-refractivity contribution in [2.24, 2.45) is 5.73 Å². The molecule has 0 aromatic heterocycles. The highest BCUT2D eigenvalue weighted by molar-refractivity contribution is 5.82.